The smallest absolute Gasteiger partial charge is 0.252 e. The van der Waals surface area contributed by atoms with Crippen LogP contribution >= 0.6 is 11.8 Å². The summed E-state index contributed by atoms with van der Waals surface area (Å²) in [4.78, 5) is 32.6. The summed E-state index contributed by atoms with van der Waals surface area (Å²) in [6.45, 7) is 2.34. The second-order valence-corrected chi connectivity index (χ2v) is 8.32. The maximum Gasteiger partial charge on any atom is 0.252 e. The van der Waals surface area contributed by atoms with Crippen LogP contribution in [0.25, 0.3) is 0 Å². The number of benzene rings is 2. The van der Waals surface area contributed by atoms with Crippen molar-refractivity contribution >= 4 is 35.0 Å². The Morgan fingerprint density at radius 3 is 2.82 bits per heavy atom. The fourth-order valence-corrected chi connectivity index (χ4v) is 4.51. The number of imidazole rings is 1. The number of anilines is 2. The molecule has 0 spiro atoms. The molecular weight excluding hydrogens is 372 g/mol. The highest BCUT2D eigenvalue weighted by Gasteiger charge is 2.48. The van der Waals surface area contributed by atoms with Gasteiger partial charge in [-0.05, 0) is 36.8 Å². The van der Waals surface area contributed by atoms with Gasteiger partial charge in [-0.2, -0.15) is 0 Å². The van der Waals surface area contributed by atoms with Gasteiger partial charge in [-0.15, -0.1) is 0 Å². The zero-order valence-corrected chi connectivity index (χ0v) is 16.4. The first-order valence-corrected chi connectivity index (χ1v) is 9.71. The first-order valence-electron chi connectivity index (χ1n) is 8.90. The average molecular weight is 392 g/mol. The number of amides is 2. The van der Waals surface area contributed by atoms with Gasteiger partial charge in [-0.1, -0.05) is 36.0 Å². The Morgan fingerprint density at radius 1 is 1.21 bits per heavy atom. The van der Waals surface area contributed by atoms with Crippen LogP contribution in [0.5, 0.6) is 0 Å². The van der Waals surface area contributed by atoms with Crippen LogP contribution < -0.4 is 10.2 Å². The molecular formula is C21H20N4O2S. The molecule has 142 valence electrons. The number of fused-ring (bicyclic) bond motifs is 1. The van der Waals surface area contributed by atoms with Crippen molar-refractivity contribution in [2.45, 2.75) is 23.1 Å². The molecule has 0 saturated carbocycles. The van der Waals surface area contributed by atoms with Gasteiger partial charge in [-0.3, -0.25) is 9.59 Å². The van der Waals surface area contributed by atoms with Crippen LogP contribution in [0.15, 0.2) is 72.1 Å². The molecule has 0 radical (unpaired) electrons. The fraction of sp³-hybridized carbons (Fsp3) is 0.190. The minimum absolute atomic E-state index is 0.233. The summed E-state index contributed by atoms with van der Waals surface area (Å²) in [6.07, 6.45) is 5.36. The molecule has 1 aromatic heterocycles. The van der Waals surface area contributed by atoms with Crippen LogP contribution in [0.3, 0.4) is 0 Å². The third-order valence-corrected chi connectivity index (χ3v) is 6.13. The van der Waals surface area contributed by atoms with E-state index >= 15 is 0 Å². The van der Waals surface area contributed by atoms with E-state index in [1.807, 2.05) is 59.3 Å². The van der Waals surface area contributed by atoms with E-state index in [9.17, 15) is 9.59 Å². The summed E-state index contributed by atoms with van der Waals surface area (Å²) in [7, 11) is 1.71. The molecule has 0 saturated heterocycles. The Bertz CT molecular complexity index is 1030. The van der Waals surface area contributed by atoms with Gasteiger partial charge in [0.25, 0.3) is 5.91 Å². The molecule has 1 N–H and O–H groups in total. The van der Waals surface area contributed by atoms with Crippen LogP contribution in [0.1, 0.15) is 12.5 Å². The van der Waals surface area contributed by atoms with Gasteiger partial charge in [-0.25, -0.2) is 4.98 Å². The first-order chi connectivity index (χ1) is 13.5. The van der Waals surface area contributed by atoms with Crippen molar-refractivity contribution in [2.24, 2.45) is 0 Å². The minimum atomic E-state index is -1.23. The summed E-state index contributed by atoms with van der Waals surface area (Å²) in [5.74, 6) is -0.563. The van der Waals surface area contributed by atoms with Crippen molar-refractivity contribution in [3.63, 3.8) is 0 Å². The monoisotopic (exact) mass is 392 g/mol. The highest BCUT2D eigenvalue weighted by atomic mass is 32.2. The fourth-order valence-electron chi connectivity index (χ4n) is 3.25. The van der Waals surface area contributed by atoms with E-state index < -0.39 is 4.75 Å². The molecule has 1 aliphatic rings. The van der Waals surface area contributed by atoms with Gasteiger partial charge in [0.15, 0.2) is 4.75 Å². The van der Waals surface area contributed by atoms with E-state index in [1.165, 1.54) is 11.8 Å². The van der Waals surface area contributed by atoms with E-state index in [-0.39, 0.29) is 11.8 Å². The molecule has 1 aliphatic heterocycles. The third kappa shape index (κ3) is 3.29. The minimum Gasteiger partial charge on any atom is -0.333 e. The van der Waals surface area contributed by atoms with E-state index in [0.717, 1.165) is 16.1 Å². The molecule has 1 unspecified atom stereocenters. The van der Waals surface area contributed by atoms with E-state index in [4.69, 9.17) is 0 Å². The Kier molecular flexibility index (Phi) is 4.68. The number of para-hydroxylation sites is 1. The largest absolute Gasteiger partial charge is 0.333 e. The number of nitrogens with zero attached hydrogens (tertiary/aromatic N) is 3. The van der Waals surface area contributed by atoms with Crippen molar-refractivity contribution in [2.75, 3.05) is 17.3 Å². The third-order valence-electron chi connectivity index (χ3n) is 4.80. The van der Waals surface area contributed by atoms with Gasteiger partial charge >= 0.3 is 0 Å². The van der Waals surface area contributed by atoms with Crippen molar-refractivity contribution in [3.8, 4) is 0 Å². The summed E-state index contributed by atoms with van der Waals surface area (Å²) >= 11 is 1.29. The number of thioether (sulfide) groups is 1. The number of rotatable bonds is 4. The zero-order chi connectivity index (χ0) is 19.7. The standard InChI is InChI=1S/C21H20N4O2S/c1-21(20(27)24(2)17-8-3-4-9-18(17)28-21)19(26)23-16-7-5-6-15(12-16)13-25-11-10-22-14-25/h3-12,14H,13H2,1-2H3,(H,23,26). The lowest BCUT2D eigenvalue weighted by Gasteiger charge is -2.36. The number of carbonyl (C=O) groups excluding carboxylic acids is 2. The Labute approximate surface area is 167 Å². The maximum atomic E-state index is 13.1. The molecule has 3 aromatic rings. The molecule has 4 rings (SSSR count). The van der Waals surface area contributed by atoms with Gasteiger partial charge in [0.2, 0.25) is 5.91 Å². The summed E-state index contributed by atoms with van der Waals surface area (Å²) in [5, 5.41) is 2.92. The van der Waals surface area contributed by atoms with Crippen LogP contribution in [0.2, 0.25) is 0 Å². The predicted molar refractivity (Wildman–Crippen MR) is 111 cm³/mol. The Balaban J connectivity index is 1.56. The lowest BCUT2D eigenvalue weighted by atomic mass is 10.1. The second kappa shape index (κ2) is 7.16. The van der Waals surface area contributed by atoms with Gasteiger partial charge in [0.05, 0.1) is 12.0 Å². The summed E-state index contributed by atoms with van der Waals surface area (Å²) < 4.78 is 0.720. The molecule has 2 heterocycles. The Morgan fingerprint density at radius 2 is 2.04 bits per heavy atom. The predicted octanol–water partition coefficient (Wildman–Crippen LogP) is 3.40. The zero-order valence-electron chi connectivity index (χ0n) is 15.6. The van der Waals surface area contributed by atoms with Crippen LogP contribution in [0.4, 0.5) is 11.4 Å². The maximum absolute atomic E-state index is 13.1. The van der Waals surface area contributed by atoms with Crippen molar-refractivity contribution in [1.82, 2.24) is 9.55 Å². The lowest BCUT2D eigenvalue weighted by molar-refractivity contribution is -0.128. The van der Waals surface area contributed by atoms with E-state index in [0.29, 0.717) is 12.2 Å². The molecule has 6 nitrogen and oxygen atoms in total. The van der Waals surface area contributed by atoms with E-state index in [2.05, 4.69) is 10.3 Å². The van der Waals surface area contributed by atoms with Crippen LogP contribution in [-0.4, -0.2) is 33.2 Å². The highest BCUT2D eigenvalue weighted by Crippen LogP contribution is 2.45. The van der Waals surface area contributed by atoms with Gasteiger partial charge in [0.1, 0.15) is 0 Å². The summed E-state index contributed by atoms with van der Waals surface area (Å²) in [6, 6.07) is 15.2. The number of nitrogens with one attached hydrogen (secondary N) is 1. The number of aromatic nitrogens is 2. The van der Waals surface area contributed by atoms with Gasteiger partial charge in [0, 0.05) is 36.6 Å². The molecule has 2 amide bonds. The average Bonchev–Trinajstić information content (AvgIpc) is 3.19. The molecule has 2 aromatic carbocycles. The normalized spacial score (nSPS) is 18.6. The summed E-state index contributed by atoms with van der Waals surface area (Å²) in [5.41, 5.74) is 2.52. The van der Waals surface area contributed by atoms with Crippen LogP contribution in [-0.2, 0) is 16.1 Å². The molecule has 0 aliphatic carbocycles. The van der Waals surface area contributed by atoms with E-state index in [1.54, 1.807) is 31.4 Å². The number of hydrogen-bond donors (Lipinski definition) is 1. The van der Waals surface area contributed by atoms with Crippen molar-refractivity contribution < 1.29 is 9.59 Å². The molecule has 1 atom stereocenters. The highest BCUT2D eigenvalue weighted by molar-refractivity contribution is 8.02. The van der Waals surface area contributed by atoms with Crippen LogP contribution in [0, 0.1) is 0 Å². The van der Waals surface area contributed by atoms with Crippen molar-refractivity contribution in [3.05, 3.63) is 72.8 Å². The molecule has 7 heteroatoms. The quantitative estimate of drug-likeness (QED) is 0.691. The lowest BCUT2D eigenvalue weighted by Crippen LogP contribution is -2.53. The molecule has 0 bridgehead atoms. The SMILES string of the molecule is CN1C(=O)C(C)(C(=O)Nc2cccc(Cn3ccnc3)c2)Sc2ccccc21. The van der Waals surface area contributed by atoms with Gasteiger partial charge < -0.3 is 14.8 Å². The molecule has 28 heavy (non-hydrogen) atoms. The molecule has 0 fully saturated rings. The number of carbonyl (C=O) groups is 2. The Hall–Kier alpha value is -3.06. The first kappa shape index (κ1) is 18.3. The van der Waals surface area contributed by atoms with Crippen molar-refractivity contribution in [1.29, 1.82) is 0 Å². The second-order valence-electron chi connectivity index (χ2n) is 6.86. The number of hydrogen-bond acceptors (Lipinski definition) is 4. The topological polar surface area (TPSA) is 67.2 Å².